The molecule has 0 aliphatic rings. The van der Waals surface area contributed by atoms with Crippen molar-refractivity contribution in [3.8, 4) is 0 Å². The highest BCUT2D eigenvalue weighted by molar-refractivity contribution is 5.73. The predicted molar refractivity (Wildman–Crippen MR) is 87.0 cm³/mol. The zero-order valence-electron chi connectivity index (χ0n) is 14.2. The van der Waals surface area contributed by atoms with Gasteiger partial charge in [0, 0.05) is 0 Å². The molecule has 0 radical (unpaired) electrons. The van der Waals surface area contributed by atoms with Gasteiger partial charge in [0.1, 0.15) is 0 Å². The molecule has 0 bridgehead atoms. The van der Waals surface area contributed by atoms with E-state index in [4.69, 9.17) is 5.11 Å². The molecule has 0 heterocycles. The molecule has 0 aromatic rings. The summed E-state index contributed by atoms with van der Waals surface area (Å²) in [5, 5.41) is 9.02. The molecule has 0 amide bonds. The van der Waals surface area contributed by atoms with Crippen molar-refractivity contribution in [1.82, 2.24) is 0 Å². The van der Waals surface area contributed by atoms with Crippen LogP contribution >= 0.6 is 0 Å². The Kier molecular flexibility index (Phi) is 10.9. The Hall–Kier alpha value is -0.530. The summed E-state index contributed by atoms with van der Waals surface area (Å²) in [6, 6.07) is 0. The van der Waals surface area contributed by atoms with Crippen LogP contribution in [0.4, 0.5) is 0 Å². The first-order chi connectivity index (χ1) is 9.36. The van der Waals surface area contributed by atoms with Crippen LogP contribution in [0.2, 0.25) is 0 Å². The molecule has 2 heteroatoms. The first-order valence-electron chi connectivity index (χ1n) is 8.59. The Labute approximate surface area is 126 Å². The van der Waals surface area contributed by atoms with E-state index >= 15 is 0 Å². The van der Waals surface area contributed by atoms with Crippen molar-refractivity contribution in [1.29, 1.82) is 0 Å². The van der Waals surface area contributed by atoms with E-state index < -0.39 is 11.4 Å². The highest BCUT2D eigenvalue weighted by Crippen LogP contribution is 2.24. The second-order valence-corrected chi connectivity index (χ2v) is 7.30. The lowest BCUT2D eigenvalue weighted by atomic mass is 9.87. The van der Waals surface area contributed by atoms with Crippen LogP contribution in [0.5, 0.6) is 0 Å². The smallest absolute Gasteiger partial charge is 0.309 e. The third kappa shape index (κ3) is 11.3. The van der Waals surface area contributed by atoms with Gasteiger partial charge in [-0.05, 0) is 26.2 Å². The van der Waals surface area contributed by atoms with Crippen molar-refractivity contribution in [3.05, 3.63) is 0 Å². The highest BCUT2D eigenvalue weighted by atomic mass is 16.4. The molecule has 120 valence electrons. The molecule has 2 nitrogen and oxygen atoms in total. The number of carbonyl (C=O) groups is 1. The summed E-state index contributed by atoms with van der Waals surface area (Å²) in [7, 11) is 0. The van der Waals surface area contributed by atoms with Crippen molar-refractivity contribution in [2.75, 3.05) is 0 Å². The summed E-state index contributed by atoms with van der Waals surface area (Å²) in [6.07, 6.45) is 13.9. The van der Waals surface area contributed by atoms with E-state index in [2.05, 4.69) is 13.8 Å². The number of carboxylic acid groups (broad SMARTS) is 1. The second kappa shape index (κ2) is 11.2. The van der Waals surface area contributed by atoms with Gasteiger partial charge in [-0.25, -0.2) is 0 Å². The van der Waals surface area contributed by atoms with Crippen LogP contribution in [-0.2, 0) is 4.79 Å². The van der Waals surface area contributed by atoms with E-state index in [0.717, 1.165) is 18.8 Å². The maximum Gasteiger partial charge on any atom is 0.309 e. The summed E-state index contributed by atoms with van der Waals surface area (Å²) in [6.45, 7) is 8.25. The Morgan fingerprint density at radius 2 is 1.25 bits per heavy atom. The zero-order valence-corrected chi connectivity index (χ0v) is 14.2. The summed E-state index contributed by atoms with van der Waals surface area (Å²) >= 11 is 0. The molecule has 0 saturated heterocycles. The third-order valence-electron chi connectivity index (χ3n) is 4.16. The lowest BCUT2D eigenvalue weighted by Gasteiger charge is -2.18. The van der Waals surface area contributed by atoms with E-state index in [0.29, 0.717) is 0 Å². The molecular weight excluding hydrogens is 248 g/mol. The van der Waals surface area contributed by atoms with Crippen molar-refractivity contribution in [3.63, 3.8) is 0 Å². The molecule has 0 aliphatic carbocycles. The van der Waals surface area contributed by atoms with Gasteiger partial charge >= 0.3 is 5.97 Å². The van der Waals surface area contributed by atoms with Gasteiger partial charge in [0.15, 0.2) is 0 Å². The first-order valence-corrected chi connectivity index (χ1v) is 8.59. The highest BCUT2D eigenvalue weighted by Gasteiger charge is 2.25. The molecule has 0 rings (SSSR count). The molecule has 0 spiro atoms. The van der Waals surface area contributed by atoms with Crippen LogP contribution in [-0.4, -0.2) is 11.1 Å². The monoisotopic (exact) mass is 284 g/mol. The van der Waals surface area contributed by atoms with Crippen molar-refractivity contribution in [2.45, 2.75) is 98.3 Å². The van der Waals surface area contributed by atoms with Crippen molar-refractivity contribution in [2.24, 2.45) is 11.3 Å². The summed E-state index contributed by atoms with van der Waals surface area (Å²) in [5.74, 6) is 0.184. The van der Waals surface area contributed by atoms with Gasteiger partial charge < -0.3 is 5.11 Å². The largest absolute Gasteiger partial charge is 0.481 e. The van der Waals surface area contributed by atoms with Gasteiger partial charge in [-0.1, -0.05) is 78.1 Å². The first kappa shape index (κ1) is 19.5. The average Bonchev–Trinajstić information content (AvgIpc) is 2.35. The predicted octanol–water partition coefficient (Wildman–Crippen LogP) is 6.04. The Morgan fingerprint density at radius 3 is 1.65 bits per heavy atom. The molecule has 1 N–H and O–H groups in total. The normalized spacial score (nSPS) is 12.1. The van der Waals surface area contributed by atoms with E-state index in [1.807, 2.05) is 13.8 Å². The Bertz CT molecular complexity index is 244. The fraction of sp³-hybridized carbons (Fsp3) is 0.944. The number of unbranched alkanes of at least 4 members (excludes halogenated alkanes) is 8. The molecule has 0 aliphatic heterocycles. The topological polar surface area (TPSA) is 37.3 Å². The molecule has 0 fully saturated rings. The lowest BCUT2D eigenvalue weighted by Crippen LogP contribution is -2.23. The van der Waals surface area contributed by atoms with E-state index in [-0.39, 0.29) is 0 Å². The summed E-state index contributed by atoms with van der Waals surface area (Å²) in [5.41, 5.74) is -0.545. The third-order valence-corrected chi connectivity index (χ3v) is 4.16. The van der Waals surface area contributed by atoms with E-state index in [9.17, 15) is 4.79 Å². The number of aliphatic carboxylic acids is 1. The van der Waals surface area contributed by atoms with Crippen molar-refractivity contribution < 1.29 is 9.90 Å². The van der Waals surface area contributed by atoms with Gasteiger partial charge in [-0.2, -0.15) is 0 Å². The minimum absolute atomic E-state index is 0.545. The van der Waals surface area contributed by atoms with Gasteiger partial charge in [0.25, 0.3) is 0 Å². The number of carboxylic acids is 1. The van der Waals surface area contributed by atoms with Crippen LogP contribution in [0.25, 0.3) is 0 Å². The minimum Gasteiger partial charge on any atom is -0.481 e. The SMILES string of the molecule is CC(C)CCCCCCCCCCCC(C)(C)C(=O)O. The fourth-order valence-electron chi connectivity index (χ4n) is 2.46. The average molecular weight is 284 g/mol. The molecule has 0 aromatic carbocycles. The standard InChI is InChI=1S/C18H36O2/c1-16(2)14-12-10-8-6-5-7-9-11-13-15-18(3,4)17(19)20/h16H,5-15H2,1-4H3,(H,19,20). The molecule has 20 heavy (non-hydrogen) atoms. The van der Waals surface area contributed by atoms with Gasteiger partial charge in [0.05, 0.1) is 5.41 Å². The quantitative estimate of drug-likeness (QED) is 0.418. The number of hydrogen-bond donors (Lipinski definition) is 1. The summed E-state index contributed by atoms with van der Waals surface area (Å²) in [4.78, 5) is 11.0. The summed E-state index contributed by atoms with van der Waals surface area (Å²) < 4.78 is 0. The minimum atomic E-state index is -0.668. The molecular formula is C18H36O2. The maximum absolute atomic E-state index is 11.0. The van der Waals surface area contributed by atoms with Gasteiger partial charge in [-0.15, -0.1) is 0 Å². The Balaban J connectivity index is 3.23. The molecule has 0 atom stereocenters. The zero-order chi connectivity index (χ0) is 15.4. The molecule has 0 unspecified atom stereocenters. The van der Waals surface area contributed by atoms with Crippen LogP contribution in [0.3, 0.4) is 0 Å². The van der Waals surface area contributed by atoms with Gasteiger partial charge in [0.2, 0.25) is 0 Å². The number of hydrogen-bond acceptors (Lipinski definition) is 1. The van der Waals surface area contributed by atoms with Crippen LogP contribution in [0.15, 0.2) is 0 Å². The Morgan fingerprint density at radius 1 is 0.850 bits per heavy atom. The fourth-order valence-corrected chi connectivity index (χ4v) is 2.46. The van der Waals surface area contributed by atoms with Crippen molar-refractivity contribution >= 4 is 5.97 Å². The molecule has 0 saturated carbocycles. The van der Waals surface area contributed by atoms with Crippen LogP contribution in [0, 0.1) is 11.3 Å². The lowest BCUT2D eigenvalue weighted by molar-refractivity contribution is -0.147. The van der Waals surface area contributed by atoms with Gasteiger partial charge in [-0.3, -0.25) is 4.79 Å². The maximum atomic E-state index is 11.0. The van der Waals surface area contributed by atoms with E-state index in [1.165, 1.54) is 57.8 Å². The van der Waals surface area contributed by atoms with Crippen LogP contribution < -0.4 is 0 Å². The second-order valence-electron chi connectivity index (χ2n) is 7.30. The number of rotatable bonds is 13. The molecule has 0 aromatic heterocycles. The van der Waals surface area contributed by atoms with Crippen LogP contribution in [0.1, 0.15) is 98.3 Å². The van der Waals surface area contributed by atoms with E-state index in [1.54, 1.807) is 0 Å².